The van der Waals surface area contributed by atoms with Crippen LogP contribution < -0.4 is 32.4 Å². The van der Waals surface area contributed by atoms with Crippen LogP contribution in [0.25, 0.3) is 0 Å². The first kappa shape index (κ1) is 17.3. The minimum Gasteiger partial charge on any atom is -0.485 e. The summed E-state index contributed by atoms with van der Waals surface area (Å²) in [7, 11) is 0. The summed E-state index contributed by atoms with van der Waals surface area (Å²) in [6.45, 7) is 0. The maximum absolute atomic E-state index is 6.60. The average Bonchev–Trinajstić information content (AvgIpc) is 2.61. The fourth-order valence-electron chi connectivity index (χ4n) is 6.10. The fourth-order valence-corrected chi connectivity index (χ4v) is 6.10. The van der Waals surface area contributed by atoms with Gasteiger partial charge in [0.2, 0.25) is 0 Å². The molecule has 4 bridgehead atoms. The zero-order valence-corrected chi connectivity index (χ0v) is 16.0. The van der Waals surface area contributed by atoms with Crippen molar-refractivity contribution >= 4 is 22.7 Å². The molecule has 0 saturated heterocycles. The second kappa shape index (κ2) is 5.87. The number of hydrogen-bond donors (Lipinski definition) is 4. The minimum atomic E-state index is -0.263. The molecule has 4 fully saturated rings. The minimum absolute atomic E-state index is 0.263. The van der Waals surface area contributed by atoms with Crippen LogP contribution in [0, 0.1) is 11.8 Å². The number of hydrogen-bond acceptors (Lipinski definition) is 6. The highest BCUT2D eigenvalue weighted by atomic mass is 16.5. The second-order valence-corrected chi connectivity index (χ2v) is 9.05. The van der Waals surface area contributed by atoms with Gasteiger partial charge in [0, 0.05) is 6.42 Å². The third kappa shape index (κ3) is 2.70. The van der Waals surface area contributed by atoms with Crippen LogP contribution >= 0.6 is 0 Å². The summed E-state index contributed by atoms with van der Waals surface area (Å²) < 4.78 is 13.2. The molecular weight excluding hydrogens is 352 g/mol. The molecule has 2 aromatic rings. The molecule has 0 amide bonds. The van der Waals surface area contributed by atoms with Crippen molar-refractivity contribution in [1.82, 2.24) is 0 Å². The summed E-state index contributed by atoms with van der Waals surface area (Å²) in [5.74, 6) is 2.54. The summed E-state index contributed by atoms with van der Waals surface area (Å²) in [6.07, 6.45) is 6.22. The predicted octanol–water partition coefficient (Wildman–Crippen LogP) is 3.56. The molecular formula is C22H28N4O2. The first-order valence-electron chi connectivity index (χ1n) is 10.0. The molecule has 6 heteroatoms. The van der Waals surface area contributed by atoms with E-state index in [0.717, 1.165) is 32.1 Å². The van der Waals surface area contributed by atoms with Gasteiger partial charge in [-0.05, 0) is 68.2 Å². The first-order valence-corrected chi connectivity index (χ1v) is 10.0. The molecule has 0 spiro atoms. The average molecular weight is 380 g/mol. The van der Waals surface area contributed by atoms with Crippen LogP contribution in [0.2, 0.25) is 0 Å². The quantitative estimate of drug-likeness (QED) is 0.602. The molecule has 0 radical (unpaired) electrons. The van der Waals surface area contributed by atoms with Crippen molar-refractivity contribution in [3.05, 3.63) is 36.4 Å². The molecule has 6 nitrogen and oxygen atoms in total. The van der Waals surface area contributed by atoms with Crippen LogP contribution in [0.3, 0.4) is 0 Å². The maximum Gasteiger partial charge on any atom is 0.145 e. The largest absolute Gasteiger partial charge is 0.485 e. The molecule has 0 aromatic heterocycles. The number of nitrogen functional groups attached to an aromatic ring is 4. The number of rotatable bonds is 4. The van der Waals surface area contributed by atoms with E-state index in [2.05, 4.69) is 0 Å². The van der Waals surface area contributed by atoms with Gasteiger partial charge in [-0.25, -0.2) is 0 Å². The van der Waals surface area contributed by atoms with Crippen LogP contribution in [0.4, 0.5) is 22.7 Å². The van der Waals surface area contributed by atoms with E-state index >= 15 is 0 Å². The van der Waals surface area contributed by atoms with Crippen LogP contribution in [0.15, 0.2) is 36.4 Å². The normalized spacial score (nSPS) is 33.0. The molecule has 0 heterocycles. The Balaban J connectivity index is 1.47. The van der Waals surface area contributed by atoms with E-state index in [9.17, 15) is 0 Å². The Morgan fingerprint density at radius 3 is 1.54 bits per heavy atom. The van der Waals surface area contributed by atoms with Gasteiger partial charge in [0.05, 0.1) is 22.7 Å². The zero-order valence-electron chi connectivity index (χ0n) is 16.0. The van der Waals surface area contributed by atoms with Crippen molar-refractivity contribution in [3.8, 4) is 11.5 Å². The van der Waals surface area contributed by atoms with E-state index in [0.29, 0.717) is 46.1 Å². The van der Waals surface area contributed by atoms with E-state index in [4.69, 9.17) is 32.4 Å². The maximum atomic E-state index is 6.60. The smallest absolute Gasteiger partial charge is 0.145 e. The van der Waals surface area contributed by atoms with Crippen LogP contribution in [0.5, 0.6) is 11.5 Å². The third-order valence-electron chi connectivity index (χ3n) is 6.81. The van der Waals surface area contributed by atoms with Gasteiger partial charge in [0.1, 0.15) is 22.7 Å². The molecule has 0 atom stereocenters. The van der Waals surface area contributed by atoms with Crippen molar-refractivity contribution in [2.24, 2.45) is 11.8 Å². The second-order valence-electron chi connectivity index (χ2n) is 9.05. The molecule has 4 saturated carbocycles. The number of benzene rings is 2. The molecule has 6 rings (SSSR count). The van der Waals surface area contributed by atoms with Gasteiger partial charge in [0.15, 0.2) is 0 Å². The lowest BCUT2D eigenvalue weighted by Gasteiger charge is -2.60. The Kier molecular flexibility index (Phi) is 3.63. The summed E-state index contributed by atoms with van der Waals surface area (Å²) in [5, 5.41) is 0. The van der Waals surface area contributed by atoms with Gasteiger partial charge in [-0.15, -0.1) is 0 Å². The van der Waals surface area contributed by atoms with Crippen molar-refractivity contribution in [1.29, 1.82) is 0 Å². The van der Waals surface area contributed by atoms with Gasteiger partial charge in [-0.1, -0.05) is 12.1 Å². The fraction of sp³-hybridized carbons (Fsp3) is 0.455. The Labute approximate surface area is 165 Å². The number of ether oxygens (including phenoxy) is 2. The van der Waals surface area contributed by atoms with E-state index in [-0.39, 0.29) is 11.2 Å². The summed E-state index contributed by atoms with van der Waals surface area (Å²) >= 11 is 0. The Morgan fingerprint density at radius 2 is 1.11 bits per heavy atom. The van der Waals surface area contributed by atoms with Gasteiger partial charge < -0.3 is 32.4 Å². The molecule has 2 aromatic carbocycles. The first-order chi connectivity index (χ1) is 13.4. The SMILES string of the molecule is Nc1cccc(OC23CC4CC(C2)CC(Oc2cccc(N)c2N)(C4)C3)c1N. The lowest BCUT2D eigenvalue weighted by atomic mass is 9.52. The number of nitrogens with two attached hydrogens (primary N) is 4. The predicted molar refractivity (Wildman–Crippen MR) is 112 cm³/mol. The molecule has 148 valence electrons. The van der Waals surface area contributed by atoms with Gasteiger partial charge in [0.25, 0.3) is 0 Å². The van der Waals surface area contributed by atoms with Crippen LogP contribution in [0.1, 0.15) is 38.5 Å². The highest BCUT2D eigenvalue weighted by Crippen LogP contribution is 2.60. The zero-order chi connectivity index (χ0) is 19.5. The van der Waals surface area contributed by atoms with Gasteiger partial charge in [-0.2, -0.15) is 0 Å². The highest BCUT2D eigenvalue weighted by Gasteiger charge is 2.60. The van der Waals surface area contributed by atoms with Crippen LogP contribution in [-0.4, -0.2) is 11.2 Å². The molecule has 0 unspecified atom stereocenters. The standard InChI is InChI=1S/C22H28N4O2/c23-15-3-1-5-17(19(15)25)27-21-8-13-7-14(9-21)11-22(10-13,12-21)28-18-6-2-4-16(24)20(18)26/h1-6,13-14H,7-12,23-26H2. The topological polar surface area (TPSA) is 123 Å². The van der Waals surface area contributed by atoms with Crippen molar-refractivity contribution in [2.75, 3.05) is 22.9 Å². The third-order valence-corrected chi connectivity index (χ3v) is 6.81. The summed E-state index contributed by atoms with van der Waals surface area (Å²) in [6, 6.07) is 11.2. The van der Waals surface area contributed by atoms with Gasteiger partial charge in [-0.3, -0.25) is 0 Å². The highest BCUT2D eigenvalue weighted by molar-refractivity contribution is 5.71. The van der Waals surface area contributed by atoms with Crippen molar-refractivity contribution in [3.63, 3.8) is 0 Å². The lowest BCUT2D eigenvalue weighted by Crippen LogP contribution is -2.63. The Morgan fingerprint density at radius 1 is 0.679 bits per heavy atom. The summed E-state index contributed by atoms with van der Waals surface area (Å²) in [4.78, 5) is 0. The van der Waals surface area contributed by atoms with E-state index in [1.165, 1.54) is 6.42 Å². The van der Waals surface area contributed by atoms with E-state index < -0.39 is 0 Å². The molecule has 28 heavy (non-hydrogen) atoms. The lowest BCUT2D eigenvalue weighted by molar-refractivity contribution is -0.176. The molecule has 4 aliphatic carbocycles. The Hall–Kier alpha value is -2.76. The van der Waals surface area contributed by atoms with Gasteiger partial charge >= 0.3 is 0 Å². The molecule has 8 N–H and O–H groups in total. The van der Waals surface area contributed by atoms with Crippen molar-refractivity contribution in [2.45, 2.75) is 49.7 Å². The summed E-state index contributed by atoms with van der Waals surface area (Å²) in [5.41, 5.74) is 26.0. The monoisotopic (exact) mass is 380 g/mol. The van der Waals surface area contributed by atoms with E-state index in [1.54, 1.807) is 12.1 Å². The van der Waals surface area contributed by atoms with Crippen molar-refractivity contribution < 1.29 is 9.47 Å². The molecule has 0 aliphatic heterocycles. The molecule has 4 aliphatic rings. The number of para-hydroxylation sites is 2. The van der Waals surface area contributed by atoms with Crippen LogP contribution in [-0.2, 0) is 0 Å². The Bertz CT molecular complexity index is 843. The number of anilines is 4. The van der Waals surface area contributed by atoms with E-state index in [1.807, 2.05) is 24.3 Å².